The highest BCUT2D eigenvalue weighted by Gasteiger charge is 2.42. The smallest absolute Gasteiger partial charge is 0.227 e. The van der Waals surface area contributed by atoms with Gasteiger partial charge >= 0.3 is 0 Å². The molecule has 1 aliphatic carbocycles. The fourth-order valence-electron chi connectivity index (χ4n) is 5.33. The van der Waals surface area contributed by atoms with Crippen molar-refractivity contribution in [2.75, 3.05) is 12.0 Å². The molecule has 2 aromatic rings. The van der Waals surface area contributed by atoms with Crippen molar-refractivity contribution in [2.24, 2.45) is 17.8 Å². The number of carbonyl (C=O) groups is 2. The van der Waals surface area contributed by atoms with Crippen LogP contribution in [0.5, 0.6) is 5.75 Å². The number of ether oxygens (including phenoxy) is 1. The number of nitrogens with one attached hydrogen (secondary N) is 1. The summed E-state index contributed by atoms with van der Waals surface area (Å²) in [4.78, 5) is 28.5. The largest absolute Gasteiger partial charge is 0.497 e. The first-order valence-corrected chi connectivity index (χ1v) is 11.9. The molecule has 176 valence electrons. The average molecular weight is 453 g/mol. The van der Waals surface area contributed by atoms with E-state index < -0.39 is 12.0 Å². The highest BCUT2D eigenvalue weighted by atomic mass is 19.1. The van der Waals surface area contributed by atoms with Gasteiger partial charge in [-0.05, 0) is 66.6 Å². The first-order valence-electron chi connectivity index (χ1n) is 11.9. The number of rotatable bonds is 5. The summed E-state index contributed by atoms with van der Waals surface area (Å²) in [7, 11) is 1.59. The molecule has 0 aromatic heterocycles. The first-order chi connectivity index (χ1) is 15.9. The summed E-state index contributed by atoms with van der Waals surface area (Å²) in [6, 6.07) is 13.1. The second-order valence-electron chi connectivity index (χ2n) is 9.49. The summed E-state index contributed by atoms with van der Waals surface area (Å²) in [5.74, 6) is 0.842. The van der Waals surface area contributed by atoms with E-state index in [9.17, 15) is 14.0 Å². The fourth-order valence-corrected chi connectivity index (χ4v) is 5.33. The van der Waals surface area contributed by atoms with Crippen molar-refractivity contribution in [3.05, 3.63) is 59.9 Å². The van der Waals surface area contributed by atoms with Crippen molar-refractivity contribution < 1.29 is 18.7 Å². The molecule has 2 amide bonds. The number of hydrogen-bond donors (Lipinski definition) is 1. The molecule has 1 saturated carbocycles. The van der Waals surface area contributed by atoms with Gasteiger partial charge < -0.3 is 15.0 Å². The van der Waals surface area contributed by atoms with Gasteiger partial charge in [-0.3, -0.25) is 9.59 Å². The first kappa shape index (κ1) is 23.3. The Morgan fingerprint density at radius 2 is 1.73 bits per heavy atom. The van der Waals surface area contributed by atoms with Gasteiger partial charge in [-0.2, -0.15) is 0 Å². The third kappa shape index (κ3) is 4.90. The van der Waals surface area contributed by atoms with Crippen LogP contribution in [0.4, 0.5) is 10.1 Å². The number of carbonyl (C=O) groups excluding carboxylic acids is 2. The van der Waals surface area contributed by atoms with Crippen LogP contribution in [0.2, 0.25) is 0 Å². The number of halogens is 1. The molecule has 2 aliphatic rings. The van der Waals surface area contributed by atoms with Crippen LogP contribution in [0.1, 0.15) is 57.6 Å². The molecular weight excluding hydrogens is 419 g/mol. The van der Waals surface area contributed by atoms with E-state index >= 15 is 0 Å². The predicted molar refractivity (Wildman–Crippen MR) is 126 cm³/mol. The highest BCUT2D eigenvalue weighted by Crippen LogP contribution is 2.41. The van der Waals surface area contributed by atoms with Crippen LogP contribution < -0.4 is 15.0 Å². The quantitative estimate of drug-likeness (QED) is 0.673. The van der Waals surface area contributed by atoms with Gasteiger partial charge in [0.1, 0.15) is 11.6 Å². The van der Waals surface area contributed by atoms with Crippen LogP contribution >= 0.6 is 0 Å². The standard InChI is InChI=1S/C27H33FN2O3/c1-17-5-4-6-24(18(17)2)29-27(32)23-15-16-25(31)30(21-11-13-22(33-3)14-12-21)26(23)19-7-9-20(28)10-8-19/h7-14,17-18,23-24,26H,4-6,15-16H2,1-3H3,(H,29,32)/t17-,18+,23+,24-,26+/m0/s1. The zero-order valence-electron chi connectivity index (χ0n) is 19.6. The summed E-state index contributed by atoms with van der Waals surface area (Å²) in [6.07, 6.45) is 4.04. The van der Waals surface area contributed by atoms with Crippen molar-refractivity contribution >= 4 is 17.5 Å². The zero-order valence-corrected chi connectivity index (χ0v) is 19.6. The van der Waals surface area contributed by atoms with E-state index in [4.69, 9.17) is 4.74 Å². The van der Waals surface area contributed by atoms with Crippen molar-refractivity contribution in [3.8, 4) is 5.75 Å². The van der Waals surface area contributed by atoms with Crippen molar-refractivity contribution in [1.82, 2.24) is 5.32 Å². The van der Waals surface area contributed by atoms with E-state index in [1.807, 2.05) is 12.1 Å². The Kier molecular flexibility index (Phi) is 7.01. The van der Waals surface area contributed by atoms with E-state index in [0.717, 1.165) is 18.4 Å². The van der Waals surface area contributed by atoms with Crippen LogP contribution in [-0.4, -0.2) is 25.0 Å². The molecule has 0 unspecified atom stereocenters. The zero-order chi connectivity index (χ0) is 23.5. The maximum absolute atomic E-state index is 13.7. The second kappa shape index (κ2) is 9.94. The summed E-state index contributed by atoms with van der Waals surface area (Å²) < 4.78 is 19.0. The van der Waals surface area contributed by atoms with Gasteiger partial charge in [-0.1, -0.05) is 38.8 Å². The van der Waals surface area contributed by atoms with Crippen LogP contribution in [0.15, 0.2) is 48.5 Å². The van der Waals surface area contributed by atoms with E-state index in [2.05, 4.69) is 19.2 Å². The summed E-state index contributed by atoms with van der Waals surface area (Å²) in [5, 5.41) is 3.31. The maximum atomic E-state index is 13.7. The Balaban J connectivity index is 1.67. The molecule has 1 heterocycles. The number of hydrogen-bond acceptors (Lipinski definition) is 3. The second-order valence-corrected chi connectivity index (χ2v) is 9.49. The van der Waals surface area contributed by atoms with Crippen LogP contribution in [0, 0.1) is 23.6 Å². The van der Waals surface area contributed by atoms with E-state index in [0.29, 0.717) is 36.1 Å². The molecular formula is C27H33FN2O3. The number of piperidine rings is 1. The molecule has 33 heavy (non-hydrogen) atoms. The third-order valence-electron chi connectivity index (χ3n) is 7.53. The minimum atomic E-state index is -0.503. The Hall–Kier alpha value is -2.89. The van der Waals surface area contributed by atoms with Crippen molar-refractivity contribution in [3.63, 3.8) is 0 Å². The predicted octanol–water partition coefficient (Wildman–Crippen LogP) is 5.26. The highest BCUT2D eigenvalue weighted by molar-refractivity contribution is 5.97. The number of benzene rings is 2. The average Bonchev–Trinajstić information content (AvgIpc) is 2.82. The molecule has 1 saturated heterocycles. The van der Waals surface area contributed by atoms with E-state index in [1.54, 1.807) is 36.3 Å². The summed E-state index contributed by atoms with van der Waals surface area (Å²) >= 11 is 0. The SMILES string of the molecule is COc1ccc(N2C(=O)CC[C@@H](C(=O)N[C@H]3CCC[C@H](C)[C@H]3C)[C@H]2c2ccc(F)cc2)cc1. The Morgan fingerprint density at radius 3 is 2.39 bits per heavy atom. The monoisotopic (exact) mass is 452 g/mol. The maximum Gasteiger partial charge on any atom is 0.227 e. The van der Waals surface area contributed by atoms with Crippen molar-refractivity contribution in [2.45, 2.75) is 58.0 Å². The van der Waals surface area contributed by atoms with Gasteiger partial charge in [0, 0.05) is 18.2 Å². The summed E-state index contributed by atoms with van der Waals surface area (Å²) in [5.41, 5.74) is 1.46. The van der Waals surface area contributed by atoms with Gasteiger partial charge in [-0.25, -0.2) is 4.39 Å². The van der Waals surface area contributed by atoms with Gasteiger partial charge in [0.05, 0.1) is 19.1 Å². The molecule has 4 rings (SSSR count). The molecule has 0 spiro atoms. The molecule has 1 N–H and O–H groups in total. The molecule has 5 atom stereocenters. The molecule has 2 fully saturated rings. The number of amides is 2. The molecule has 1 aliphatic heterocycles. The fraction of sp³-hybridized carbons (Fsp3) is 0.481. The minimum Gasteiger partial charge on any atom is -0.497 e. The lowest BCUT2D eigenvalue weighted by molar-refractivity contribution is -0.130. The molecule has 0 radical (unpaired) electrons. The molecule has 6 heteroatoms. The summed E-state index contributed by atoms with van der Waals surface area (Å²) in [6.45, 7) is 4.45. The lowest BCUT2D eigenvalue weighted by Crippen LogP contribution is -2.52. The molecule has 0 bridgehead atoms. The van der Waals surface area contributed by atoms with Crippen LogP contribution in [0.25, 0.3) is 0 Å². The number of nitrogens with zero attached hydrogens (tertiary/aromatic N) is 1. The lowest BCUT2D eigenvalue weighted by Gasteiger charge is -2.42. The van der Waals surface area contributed by atoms with Gasteiger partial charge in [0.25, 0.3) is 0 Å². The lowest BCUT2D eigenvalue weighted by atomic mass is 9.77. The van der Waals surface area contributed by atoms with Crippen LogP contribution in [0.3, 0.4) is 0 Å². The molecule has 2 aromatic carbocycles. The molecule has 5 nitrogen and oxygen atoms in total. The Morgan fingerprint density at radius 1 is 1.03 bits per heavy atom. The van der Waals surface area contributed by atoms with Gasteiger partial charge in [0.15, 0.2) is 0 Å². The third-order valence-corrected chi connectivity index (χ3v) is 7.53. The van der Waals surface area contributed by atoms with Gasteiger partial charge in [0.2, 0.25) is 11.8 Å². The number of anilines is 1. The topological polar surface area (TPSA) is 58.6 Å². The van der Waals surface area contributed by atoms with E-state index in [1.165, 1.54) is 18.6 Å². The Labute approximate surface area is 195 Å². The van der Waals surface area contributed by atoms with E-state index in [-0.39, 0.29) is 23.7 Å². The number of methoxy groups -OCH3 is 1. The van der Waals surface area contributed by atoms with Crippen molar-refractivity contribution in [1.29, 1.82) is 0 Å². The minimum absolute atomic E-state index is 0.0266. The Bertz CT molecular complexity index is 976. The van der Waals surface area contributed by atoms with Gasteiger partial charge in [-0.15, -0.1) is 0 Å². The van der Waals surface area contributed by atoms with Crippen LogP contribution in [-0.2, 0) is 9.59 Å². The normalized spacial score (nSPS) is 27.8.